The second kappa shape index (κ2) is 6.40. The van der Waals surface area contributed by atoms with Crippen molar-refractivity contribution in [2.75, 3.05) is 13.1 Å². The number of piperidine rings is 1. The van der Waals surface area contributed by atoms with Gasteiger partial charge in [0.05, 0.1) is 6.42 Å². The minimum atomic E-state index is -0.478. The third kappa shape index (κ3) is 6.08. The van der Waals surface area contributed by atoms with Gasteiger partial charge < -0.3 is 9.64 Å². The van der Waals surface area contributed by atoms with E-state index in [-0.39, 0.29) is 24.7 Å². The monoisotopic (exact) mass is 269 g/mol. The second-order valence-electron chi connectivity index (χ2n) is 6.83. The van der Waals surface area contributed by atoms with Gasteiger partial charge in [0.15, 0.2) is 0 Å². The zero-order valence-corrected chi connectivity index (χ0v) is 12.9. The summed E-state index contributed by atoms with van der Waals surface area (Å²) in [6, 6.07) is 0. The van der Waals surface area contributed by atoms with E-state index in [1.165, 1.54) is 6.42 Å². The van der Waals surface area contributed by atoms with Crippen LogP contribution in [0.1, 0.15) is 53.9 Å². The van der Waals surface area contributed by atoms with Crippen LogP contribution in [-0.2, 0) is 14.3 Å². The molecule has 2 atom stereocenters. The topological polar surface area (TPSA) is 46.6 Å². The Morgan fingerprint density at radius 1 is 1.11 bits per heavy atom. The molecule has 0 spiro atoms. The van der Waals surface area contributed by atoms with E-state index < -0.39 is 5.60 Å². The molecule has 0 aromatic rings. The van der Waals surface area contributed by atoms with E-state index in [2.05, 4.69) is 13.8 Å². The van der Waals surface area contributed by atoms with E-state index in [9.17, 15) is 9.59 Å². The number of likely N-dealkylation sites (tertiary alicyclic amines) is 1. The van der Waals surface area contributed by atoms with Gasteiger partial charge in [-0.3, -0.25) is 9.59 Å². The maximum atomic E-state index is 12.1. The predicted octanol–water partition coefficient (Wildman–Crippen LogP) is 2.61. The van der Waals surface area contributed by atoms with Crippen molar-refractivity contribution in [1.29, 1.82) is 0 Å². The lowest BCUT2D eigenvalue weighted by atomic mass is 9.91. The van der Waals surface area contributed by atoms with Crippen LogP contribution in [0.5, 0.6) is 0 Å². The summed E-state index contributed by atoms with van der Waals surface area (Å²) in [6.45, 7) is 11.5. The van der Waals surface area contributed by atoms with Crippen molar-refractivity contribution in [3.8, 4) is 0 Å². The van der Waals surface area contributed by atoms with Crippen molar-refractivity contribution < 1.29 is 14.3 Å². The zero-order valence-electron chi connectivity index (χ0n) is 12.9. The van der Waals surface area contributed by atoms with Gasteiger partial charge in [-0.05, 0) is 39.0 Å². The number of carbonyl (C=O) groups excluding carboxylic acids is 2. The number of rotatable bonds is 3. The number of esters is 1. The molecule has 4 heteroatoms. The third-order valence-corrected chi connectivity index (χ3v) is 3.18. The molecule has 110 valence electrons. The van der Waals surface area contributed by atoms with Crippen LogP contribution >= 0.6 is 0 Å². The molecule has 0 N–H and O–H groups in total. The number of nitrogens with zero attached hydrogens (tertiary/aromatic N) is 1. The smallest absolute Gasteiger partial charge is 0.306 e. The Hall–Kier alpha value is -1.06. The lowest BCUT2D eigenvalue weighted by Gasteiger charge is -2.35. The SMILES string of the molecule is CC1CC(C)CN(C(=O)CCC(=O)OC(C)(C)C)C1. The van der Waals surface area contributed by atoms with E-state index in [4.69, 9.17) is 4.74 Å². The molecule has 19 heavy (non-hydrogen) atoms. The van der Waals surface area contributed by atoms with Gasteiger partial charge >= 0.3 is 5.97 Å². The summed E-state index contributed by atoms with van der Waals surface area (Å²) in [7, 11) is 0. The Morgan fingerprint density at radius 3 is 2.11 bits per heavy atom. The Labute approximate surface area is 116 Å². The summed E-state index contributed by atoms with van der Waals surface area (Å²) in [6.07, 6.45) is 1.61. The minimum Gasteiger partial charge on any atom is -0.460 e. The lowest BCUT2D eigenvalue weighted by molar-refractivity contribution is -0.156. The second-order valence-corrected chi connectivity index (χ2v) is 6.83. The average molecular weight is 269 g/mol. The standard InChI is InChI=1S/C15H27NO3/c1-11-8-12(2)10-16(9-11)13(17)6-7-14(18)19-15(3,4)5/h11-12H,6-10H2,1-5H3. The molecule has 1 aliphatic rings. The molecule has 0 bridgehead atoms. The largest absolute Gasteiger partial charge is 0.460 e. The zero-order chi connectivity index (χ0) is 14.6. The van der Waals surface area contributed by atoms with Gasteiger partial charge in [-0.2, -0.15) is 0 Å². The molecule has 1 aliphatic heterocycles. The number of hydrogen-bond donors (Lipinski definition) is 0. The van der Waals surface area contributed by atoms with Crippen LogP contribution in [0.15, 0.2) is 0 Å². The molecule has 1 heterocycles. The van der Waals surface area contributed by atoms with Gasteiger partial charge in [0, 0.05) is 19.5 Å². The van der Waals surface area contributed by atoms with Gasteiger partial charge in [-0.1, -0.05) is 13.8 Å². The van der Waals surface area contributed by atoms with Crippen molar-refractivity contribution in [3.63, 3.8) is 0 Å². The Morgan fingerprint density at radius 2 is 1.63 bits per heavy atom. The Kier molecular flexibility index (Phi) is 5.39. The first-order valence-electron chi connectivity index (χ1n) is 7.17. The van der Waals surface area contributed by atoms with Gasteiger partial charge in [-0.15, -0.1) is 0 Å². The first kappa shape index (κ1) is 16.0. The Balaban J connectivity index is 2.37. The van der Waals surface area contributed by atoms with Crippen molar-refractivity contribution in [2.24, 2.45) is 11.8 Å². The summed E-state index contributed by atoms with van der Waals surface area (Å²) < 4.78 is 5.21. The number of carbonyl (C=O) groups is 2. The molecule has 0 radical (unpaired) electrons. The summed E-state index contributed by atoms with van der Waals surface area (Å²) in [5.74, 6) is 0.881. The maximum Gasteiger partial charge on any atom is 0.306 e. The first-order chi connectivity index (χ1) is 8.67. The molecule has 0 aromatic heterocycles. The molecule has 0 aliphatic carbocycles. The highest BCUT2D eigenvalue weighted by atomic mass is 16.6. The summed E-state index contributed by atoms with van der Waals surface area (Å²) in [4.78, 5) is 25.6. The average Bonchev–Trinajstić information content (AvgIpc) is 2.22. The maximum absolute atomic E-state index is 12.1. The van der Waals surface area contributed by atoms with E-state index in [0.717, 1.165) is 13.1 Å². The van der Waals surface area contributed by atoms with Crippen LogP contribution in [0, 0.1) is 11.8 Å². The van der Waals surface area contributed by atoms with Crippen molar-refractivity contribution in [1.82, 2.24) is 4.90 Å². The fraction of sp³-hybridized carbons (Fsp3) is 0.867. The Bertz CT molecular complexity index is 323. The van der Waals surface area contributed by atoms with Crippen LogP contribution in [0.4, 0.5) is 0 Å². The minimum absolute atomic E-state index is 0.0734. The number of hydrogen-bond acceptors (Lipinski definition) is 3. The number of ether oxygens (including phenoxy) is 1. The van der Waals surface area contributed by atoms with E-state index >= 15 is 0 Å². The summed E-state index contributed by atoms with van der Waals surface area (Å²) in [5, 5.41) is 0. The van der Waals surface area contributed by atoms with E-state index in [1.54, 1.807) is 0 Å². The van der Waals surface area contributed by atoms with Gasteiger partial charge in [-0.25, -0.2) is 0 Å². The van der Waals surface area contributed by atoms with Crippen LogP contribution in [0.3, 0.4) is 0 Å². The van der Waals surface area contributed by atoms with Gasteiger partial charge in [0.25, 0.3) is 0 Å². The number of amides is 1. The molecule has 0 aromatic carbocycles. The molecular formula is C15H27NO3. The summed E-state index contributed by atoms with van der Waals surface area (Å²) in [5.41, 5.74) is -0.478. The molecule has 1 saturated heterocycles. The molecule has 1 rings (SSSR count). The van der Waals surface area contributed by atoms with E-state index in [1.807, 2.05) is 25.7 Å². The lowest BCUT2D eigenvalue weighted by Crippen LogP contribution is -2.42. The third-order valence-electron chi connectivity index (χ3n) is 3.18. The van der Waals surface area contributed by atoms with Crippen molar-refractivity contribution >= 4 is 11.9 Å². The van der Waals surface area contributed by atoms with Crippen molar-refractivity contribution in [2.45, 2.75) is 59.5 Å². The van der Waals surface area contributed by atoms with Crippen molar-refractivity contribution in [3.05, 3.63) is 0 Å². The predicted molar refractivity (Wildman–Crippen MR) is 74.6 cm³/mol. The van der Waals surface area contributed by atoms with Crippen LogP contribution < -0.4 is 0 Å². The van der Waals surface area contributed by atoms with Gasteiger partial charge in [0.1, 0.15) is 5.60 Å². The first-order valence-corrected chi connectivity index (χ1v) is 7.17. The molecular weight excluding hydrogens is 242 g/mol. The highest BCUT2D eigenvalue weighted by molar-refractivity contribution is 5.81. The highest BCUT2D eigenvalue weighted by Crippen LogP contribution is 2.21. The molecule has 4 nitrogen and oxygen atoms in total. The van der Waals surface area contributed by atoms with Crippen LogP contribution in [0.2, 0.25) is 0 Å². The molecule has 2 unspecified atom stereocenters. The molecule has 1 fully saturated rings. The highest BCUT2D eigenvalue weighted by Gasteiger charge is 2.26. The van der Waals surface area contributed by atoms with E-state index in [0.29, 0.717) is 11.8 Å². The molecule has 0 saturated carbocycles. The summed E-state index contributed by atoms with van der Waals surface area (Å²) >= 11 is 0. The fourth-order valence-corrected chi connectivity index (χ4v) is 2.63. The fourth-order valence-electron chi connectivity index (χ4n) is 2.63. The van der Waals surface area contributed by atoms with Gasteiger partial charge in [0.2, 0.25) is 5.91 Å². The van der Waals surface area contributed by atoms with Crippen LogP contribution in [-0.4, -0.2) is 35.5 Å². The normalized spacial score (nSPS) is 24.2. The van der Waals surface area contributed by atoms with Crippen LogP contribution in [0.25, 0.3) is 0 Å². The molecule has 1 amide bonds. The quantitative estimate of drug-likeness (QED) is 0.740.